The Kier molecular flexibility index (Phi) is 25.9. The van der Waals surface area contributed by atoms with Crippen molar-refractivity contribution in [2.45, 2.75) is 47.4 Å². The van der Waals surface area contributed by atoms with Gasteiger partial charge in [0.25, 0.3) is 0 Å². The van der Waals surface area contributed by atoms with Crippen molar-refractivity contribution in [1.29, 1.82) is 0 Å². The fourth-order valence-electron chi connectivity index (χ4n) is 1.09. The number of hydrogen-bond donors (Lipinski definition) is 4. The van der Waals surface area contributed by atoms with Gasteiger partial charge in [-0.05, 0) is 6.58 Å². The molecule has 0 aromatic carbocycles. The van der Waals surface area contributed by atoms with E-state index in [4.69, 9.17) is 78.3 Å². The Hall–Kier alpha value is -0.282. The monoisotopic (exact) mass is 651 g/mol. The van der Waals surface area contributed by atoms with Gasteiger partial charge in [0.15, 0.2) is 5.76 Å². The molecule has 0 aromatic rings. The first kappa shape index (κ1) is 34.2. The molecule has 0 amide bonds. The van der Waals surface area contributed by atoms with Gasteiger partial charge in [0.2, 0.25) is 9.67 Å². The number of carboxylic acid groups (broad SMARTS) is 3. The summed E-state index contributed by atoms with van der Waals surface area (Å²) in [7, 11) is 0. The minimum atomic E-state index is -1.38. The molecule has 0 aliphatic heterocycles. The molecular formula is C13H20Cl4N2O7Pt. The van der Waals surface area contributed by atoms with Crippen LogP contribution in [0.25, 0.3) is 11.5 Å². The number of halogens is 4. The molecule has 1 rings (SSSR count). The molecule has 1 aliphatic rings. The second kappa shape index (κ2) is 20.5. The Morgan fingerprint density at radius 3 is 1.00 bits per heavy atom. The zero-order chi connectivity index (χ0) is 21.4. The normalized spacial score (nSPS) is 17.5. The van der Waals surface area contributed by atoms with Gasteiger partial charge in [-0.1, -0.05) is 72.1 Å². The van der Waals surface area contributed by atoms with E-state index in [2.05, 4.69) is 6.58 Å². The third kappa shape index (κ3) is 30.7. The molecule has 0 saturated heterocycles. The molecule has 1 fully saturated rings. The van der Waals surface area contributed by atoms with E-state index < -0.39 is 33.3 Å². The average Bonchev–Trinajstić information content (AvgIpc) is 2.51. The molecule has 0 aromatic heterocycles. The van der Waals surface area contributed by atoms with Crippen LogP contribution < -0.4 is 0 Å². The van der Waals surface area contributed by atoms with Gasteiger partial charge in [0.1, 0.15) is 0 Å². The largest absolute Gasteiger partial charge is 2.00 e. The van der Waals surface area contributed by atoms with Gasteiger partial charge < -0.3 is 31.9 Å². The second-order valence-electron chi connectivity index (χ2n) is 4.58. The van der Waals surface area contributed by atoms with Crippen LogP contribution in [0.15, 0.2) is 12.3 Å². The van der Waals surface area contributed by atoms with Crippen LogP contribution in [0.2, 0.25) is 0 Å². The first-order valence-electron chi connectivity index (χ1n) is 6.77. The predicted octanol–water partition coefficient (Wildman–Crippen LogP) is 4.29. The topological polar surface area (TPSA) is 180 Å². The van der Waals surface area contributed by atoms with E-state index >= 15 is 0 Å². The van der Waals surface area contributed by atoms with Crippen molar-refractivity contribution in [3.05, 3.63) is 23.8 Å². The van der Waals surface area contributed by atoms with E-state index in [9.17, 15) is 14.4 Å². The van der Waals surface area contributed by atoms with Crippen LogP contribution in [-0.2, 0) is 35.4 Å². The maximum absolute atomic E-state index is 9.44. The second-order valence-corrected chi connectivity index (χ2v) is 6.77. The summed E-state index contributed by atoms with van der Waals surface area (Å²) in [4.78, 5) is 25.6. The van der Waals surface area contributed by atoms with Gasteiger partial charge in [0.05, 0.1) is 0 Å². The summed E-state index contributed by atoms with van der Waals surface area (Å²) in [5, 5.41) is 30.9. The number of carbonyl (C=O) groups is 3. The number of aliphatic hydroxyl groups excluding tert-OH is 1. The van der Waals surface area contributed by atoms with E-state index in [0.717, 1.165) is 25.7 Å². The molecule has 9 nitrogen and oxygen atoms in total. The van der Waals surface area contributed by atoms with E-state index in [-0.39, 0.29) is 33.1 Å². The van der Waals surface area contributed by atoms with E-state index in [1.54, 1.807) is 0 Å². The molecule has 6 N–H and O–H groups in total. The molecule has 0 bridgehead atoms. The summed E-state index contributed by atoms with van der Waals surface area (Å²) in [6, 6.07) is 0.299. The average molecular weight is 653 g/mol. The maximum Gasteiger partial charge on any atom is 2.00 e. The zero-order valence-corrected chi connectivity index (χ0v) is 19.0. The van der Waals surface area contributed by atoms with Crippen LogP contribution >= 0.6 is 46.4 Å². The van der Waals surface area contributed by atoms with Crippen molar-refractivity contribution >= 4 is 64.3 Å². The first-order valence-corrected chi connectivity index (χ1v) is 8.52. The Morgan fingerprint density at radius 1 is 0.778 bits per heavy atom. The number of hydrogen-bond acceptors (Lipinski definition) is 4. The van der Waals surface area contributed by atoms with Gasteiger partial charge >= 0.3 is 39.0 Å². The van der Waals surface area contributed by atoms with E-state index in [1.807, 2.05) is 0 Å². The SMILES string of the molecule is C=C(O)C(=O)O.O=C(O)C(Cl)Cl.O=C(O)C(Cl)Cl.[NH-]C1CCC([NH-])CC1.[Pt+2]. The van der Waals surface area contributed by atoms with Crippen LogP contribution in [0.1, 0.15) is 25.7 Å². The molecule has 27 heavy (non-hydrogen) atoms. The van der Waals surface area contributed by atoms with E-state index in [1.165, 1.54) is 0 Å². The fraction of sp³-hybridized carbons (Fsp3) is 0.615. The van der Waals surface area contributed by atoms with Gasteiger partial charge in [-0.15, -0.1) is 12.1 Å². The number of carboxylic acids is 3. The van der Waals surface area contributed by atoms with Crippen LogP contribution in [0, 0.1) is 0 Å². The third-order valence-corrected chi connectivity index (χ3v) is 3.09. The van der Waals surface area contributed by atoms with Crippen molar-refractivity contribution in [3.63, 3.8) is 0 Å². The minimum Gasteiger partial charge on any atom is -0.675 e. The van der Waals surface area contributed by atoms with Crippen molar-refractivity contribution in [2.24, 2.45) is 0 Å². The summed E-state index contributed by atoms with van der Waals surface area (Å²) in [6.45, 7) is 2.71. The molecule has 1 aliphatic carbocycles. The quantitative estimate of drug-likeness (QED) is 0.199. The summed E-state index contributed by atoms with van der Waals surface area (Å²) in [6.07, 6.45) is 3.81. The smallest absolute Gasteiger partial charge is 0.675 e. The zero-order valence-electron chi connectivity index (χ0n) is 13.7. The molecule has 0 heterocycles. The third-order valence-electron chi connectivity index (χ3n) is 2.35. The van der Waals surface area contributed by atoms with Crippen LogP contribution in [0.3, 0.4) is 0 Å². The molecule has 0 atom stereocenters. The molecule has 0 spiro atoms. The molecule has 0 unspecified atom stereocenters. The number of alkyl halides is 4. The number of aliphatic carboxylic acids is 3. The first-order chi connectivity index (χ1) is 11.7. The molecule has 14 heteroatoms. The number of nitrogens with one attached hydrogen (secondary N) is 2. The van der Waals surface area contributed by atoms with Gasteiger partial charge in [-0.3, -0.25) is 0 Å². The minimum absolute atomic E-state index is 0. The summed E-state index contributed by atoms with van der Waals surface area (Å²) in [5.74, 6) is -4.62. The summed E-state index contributed by atoms with van der Waals surface area (Å²) in [5.41, 5.74) is 14.6. The predicted molar refractivity (Wildman–Crippen MR) is 100 cm³/mol. The Labute approximate surface area is 190 Å². The molecule has 1 saturated carbocycles. The van der Waals surface area contributed by atoms with Gasteiger partial charge in [-0.2, -0.15) is 0 Å². The molecular weight excluding hydrogens is 633 g/mol. The molecule has 0 radical (unpaired) electrons. The Bertz CT molecular complexity index is 408. The number of aliphatic hydroxyl groups is 1. The summed E-state index contributed by atoms with van der Waals surface area (Å²) >= 11 is 19.1. The Morgan fingerprint density at radius 2 is 0.926 bits per heavy atom. The van der Waals surface area contributed by atoms with Gasteiger partial charge in [0, 0.05) is 0 Å². The van der Waals surface area contributed by atoms with Crippen LogP contribution in [0.4, 0.5) is 0 Å². The van der Waals surface area contributed by atoms with E-state index in [0.29, 0.717) is 0 Å². The standard InChI is InChI=1S/C6H12N2.C3H4O3.2C2H2Cl2O2.Pt/c7-5-1-2-6(8)4-3-5;1-2(4)3(5)6;2*3-1(4)2(5)6;/h5-8H,1-4H2;4H,1H2,(H,5,6);2*1H,(H,5,6);/q-2;;;;+2. The maximum atomic E-state index is 9.44. The van der Waals surface area contributed by atoms with Gasteiger partial charge in [-0.25, -0.2) is 14.4 Å². The number of rotatable bonds is 3. The molecule has 162 valence electrons. The summed E-state index contributed by atoms with van der Waals surface area (Å²) < 4.78 is 0. The van der Waals surface area contributed by atoms with Crippen molar-refractivity contribution in [1.82, 2.24) is 0 Å². The van der Waals surface area contributed by atoms with Crippen LogP contribution in [-0.4, -0.2) is 60.1 Å². The van der Waals surface area contributed by atoms with Crippen molar-refractivity contribution in [2.75, 3.05) is 0 Å². The fourth-order valence-corrected chi connectivity index (χ4v) is 1.09. The van der Waals surface area contributed by atoms with Crippen molar-refractivity contribution < 1.29 is 55.9 Å². The van der Waals surface area contributed by atoms with Crippen LogP contribution in [0.5, 0.6) is 0 Å². The van der Waals surface area contributed by atoms with Crippen molar-refractivity contribution in [3.8, 4) is 0 Å². The Balaban J connectivity index is -0.000000131.